The van der Waals surface area contributed by atoms with Gasteiger partial charge in [0, 0.05) is 31.2 Å². The number of rotatable bonds is 7. The first-order valence-corrected chi connectivity index (χ1v) is 11.2. The van der Waals surface area contributed by atoms with Crippen molar-refractivity contribution in [3.8, 4) is 5.75 Å². The Morgan fingerprint density at radius 2 is 2.00 bits per heavy atom. The van der Waals surface area contributed by atoms with Crippen LogP contribution in [-0.4, -0.2) is 42.6 Å². The monoisotopic (exact) mass is 428 g/mol. The highest BCUT2D eigenvalue weighted by atomic mass is 35.5. The van der Waals surface area contributed by atoms with Gasteiger partial charge in [0.15, 0.2) is 0 Å². The number of piperidine rings is 1. The highest BCUT2D eigenvalue weighted by molar-refractivity contribution is 6.32. The van der Waals surface area contributed by atoms with Crippen molar-refractivity contribution in [2.24, 2.45) is 0 Å². The van der Waals surface area contributed by atoms with E-state index < -0.39 is 0 Å². The summed E-state index contributed by atoms with van der Waals surface area (Å²) in [5, 5.41) is 3.60. The molecule has 1 aliphatic carbocycles. The highest BCUT2D eigenvalue weighted by Crippen LogP contribution is 2.29. The second-order valence-electron chi connectivity index (χ2n) is 8.14. The van der Waals surface area contributed by atoms with E-state index in [4.69, 9.17) is 20.8 Å². The van der Waals surface area contributed by atoms with Crippen molar-refractivity contribution in [1.29, 1.82) is 0 Å². The fraction of sp³-hybridized carbons (Fsp3) is 0.458. The van der Waals surface area contributed by atoms with E-state index in [9.17, 15) is 4.79 Å². The third-order valence-corrected chi connectivity index (χ3v) is 6.20. The van der Waals surface area contributed by atoms with Crippen molar-refractivity contribution in [1.82, 2.24) is 10.2 Å². The molecule has 0 radical (unpaired) electrons. The highest BCUT2D eigenvalue weighted by Gasteiger charge is 2.22. The summed E-state index contributed by atoms with van der Waals surface area (Å²) in [6, 6.07) is 9.48. The zero-order valence-electron chi connectivity index (χ0n) is 17.2. The van der Waals surface area contributed by atoms with E-state index in [1.54, 1.807) is 18.4 Å². The number of carbonyl (C=O) groups is 1. The van der Waals surface area contributed by atoms with Crippen LogP contribution < -0.4 is 10.1 Å². The molecule has 1 saturated carbocycles. The van der Waals surface area contributed by atoms with Gasteiger partial charge in [-0.3, -0.25) is 9.69 Å². The average molecular weight is 429 g/mol. The maximum Gasteiger partial charge on any atom is 0.251 e. The number of furan rings is 1. The number of ether oxygens (including phenoxy) is 1. The minimum Gasteiger partial charge on any atom is -0.489 e. The molecule has 2 aliphatic rings. The number of carbonyl (C=O) groups excluding carboxylic acids is 1. The largest absolute Gasteiger partial charge is 0.489 e. The molecule has 30 heavy (non-hydrogen) atoms. The van der Waals surface area contributed by atoms with Gasteiger partial charge in [-0.1, -0.05) is 30.5 Å². The smallest absolute Gasteiger partial charge is 0.251 e. The lowest BCUT2D eigenvalue weighted by Gasteiger charge is -2.31. The lowest BCUT2D eigenvalue weighted by Crippen LogP contribution is -2.38. The predicted molar refractivity (Wildman–Crippen MR) is 119 cm³/mol. The maximum absolute atomic E-state index is 12.4. The van der Waals surface area contributed by atoms with Gasteiger partial charge in [0.25, 0.3) is 5.91 Å². The van der Waals surface area contributed by atoms with Crippen LogP contribution in [-0.2, 0) is 0 Å². The molecule has 160 valence electrons. The third-order valence-electron chi connectivity index (χ3n) is 5.90. The van der Waals surface area contributed by atoms with Crippen molar-refractivity contribution in [2.75, 3.05) is 19.6 Å². The molecular formula is C24H29ClN2O3. The Balaban J connectivity index is 1.24. The summed E-state index contributed by atoms with van der Waals surface area (Å²) >= 11 is 6.42. The number of nitrogens with one attached hydrogen (secondary N) is 1. The number of hydrogen-bond acceptors (Lipinski definition) is 4. The minimum absolute atomic E-state index is 0.0498. The first-order chi connectivity index (χ1) is 14.7. The van der Waals surface area contributed by atoms with Gasteiger partial charge in [-0.05, 0) is 62.1 Å². The minimum atomic E-state index is -0.0498. The van der Waals surface area contributed by atoms with Crippen LogP contribution in [0.15, 0.2) is 47.1 Å². The average Bonchev–Trinajstić information content (AvgIpc) is 3.45. The molecule has 1 aromatic heterocycles. The van der Waals surface area contributed by atoms with Crippen molar-refractivity contribution in [3.63, 3.8) is 0 Å². The van der Waals surface area contributed by atoms with Crippen molar-refractivity contribution >= 4 is 23.6 Å². The number of nitrogens with zero attached hydrogens (tertiary/aromatic N) is 1. The first-order valence-electron chi connectivity index (χ1n) is 10.9. The van der Waals surface area contributed by atoms with Gasteiger partial charge in [-0.25, -0.2) is 0 Å². The summed E-state index contributed by atoms with van der Waals surface area (Å²) in [5.74, 6) is 1.49. The van der Waals surface area contributed by atoms with E-state index in [0.29, 0.717) is 22.4 Å². The van der Waals surface area contributed by atoms with E-state index in [-0.39, 0.29) is 12.0 Å². The van der Waals surface area contributed by atoms with Crippen LogP contribution in [0.3, 0.4) is 0 Å². The van der Waals surface area contributed by atoms with E-state index in [1.807, 2.05) is 24.3 Å². The number of likely N-dealkylation sites (tertiary alicyclic amines) is 1. The summed E-state index contributed by atoms with van der Waals surface area (Å²) in [5.41, 5.74) is 0.595. The number of hydrogen-bond donors (Lipinski definition) is 1. The molecule has 1 aliphatic heterocycles. The van der Waals surface area contributed by atoms with Gasteiger partial charge in [0.2, 0.25) is 0 Å². The Labute approximate surface area is 183 Å². The number of halogens is 1. The van der Waals surface area contributed by atoms with Crippen molar-refractivity contribution in [3.05, 3.63) is 59.0 Å². The van der Waals surface area contributed by atoms with Crippen LogP contribution in [0.5, 0.6) is 5.75 Å². The normalized spacial score (nSPS) is 18.8. The van der Waals surface area contributed by atoms with Crippen LogP contribution in [0.1, 0.15) is 54.6 Å². The van der Waals surface area contributed by atoms with Crippen LogP contribution in [0.4, 0.5) is 0 Å². The number of benzene rings is 1. The Bertz CT molecular complexity index is 851. The third kappa shape index (κ3) is 5.67. The molecule has 5 nitrogen and oxygen atoms in total. The van der Waals surface area contributed by atoms with Gasteiger partial charge in [-0.15, -0.1) is 0 Å². The Hall–Kier alpha value is -2.24. The molecule has 4 rings (SSSR count). The van der Waals surface area contributed by atoms with Crippen LogP contribution in [0.2, 0.25) is 5.02 Å². The predicted octanol–water partition coefficient (Wildman–Crippen LogP) is 5.16. The lowest BCUT2D eigenvalue weighted by molar-refractivity contribution is 0.0937. The summed E-state index contributed by atoms with van der Waals surface area (Å²) < 4.78 is 11.5. The molecule has 2 aromatic rings. The fourth-order valence-corrected chi connectivity index (χ4v) is 4.39. The van der Waals surface area contributed by atoms with Gasteiger partial charge in [0.05, 0.1) is 11.3 Å². The zero-order chi connectivity index (χ0) is 20.8. The molecule has 1 N–H and O–H groups in total. The summed E-state index contributed by atoms with van der Waals surface area (Å²) in [6.45, 7) is 2.86. The SMILES string of the molecule is O=C(NC1CCCC1)c1ccc(OC2CCN(CC=Cc3ccco3)CC2)c(Cl)c1. The molecule has 6 heteroatoms. The second kappa shape index (κ2) is 10.2. The fourth-order valence-electron chi connectivity index (χ4n) is 4.17. The molecule has 0 unspecified atom stereocenters. The number of amides is 1. The molecule has 1 aromatic carbocycles. The Morgan fingerprint density at radius 3 is 2.70 bits per heavy atom. The quantitative estimate of drug-likeness (QED) is 0.661. The lowest BCUT2D eigenvalue weighted by atomic mass is 10.1. The van der Waals surface area contributed by atoms with Crippen LogP contribution >= 0.6 is 11.6 Å². The van der Waals surface area contributed by atoms with Gasteiger partial charge < -0.3 is 14.5 Å². The molecule has 1 saturated heterocycles. The van der Waals surface area contributed by atoms with E-state index in [2.05, 4.69) is 16.3 Å². The Morgan fingerprint density at radius 1 is 1.20 bits per heavy atom. The standard InChI is InChI=1S/C24H29ClN2O3/c25-22-17-18(24(28)26-19-5-1-2-6-19)9-10-23(22)30-21-11-14-27(15-12-21)13-3-7-20-8-4-16-29-20/h3-4,7-10,16-17,19,21H,1-2,5-6,11-15H2,(H,26,28). The summed E-state index contributed by atoms with van der Waals surface area (Å²) in [6.07, 6.45) is 12.4. The summed E-state index contributed by atoms with van der Waals surface area (Å²) in [4.78, 5) is 14.8. The molecule has 0 atom stereocenters. The van der Waals surface area contributed by atoms with Crippen LogP contribution in [0, 0.1) is 0 Å². The molecule has 2 heterocycles. The van der Waals surface area contributed by atoms with Crippen LogP contribution in [0.25, 0.3) is 6.08 Å². The second-order valence-corrected chi connectivity index (χ2v) is 8.54. The van der Waals surface area contributed by atoms with E-state index in [1.165, 1.54) is 12.8 Å². The maximum atomic E-state index is 12.4. The van der Waals surface area contributed by atoms with Gasteiger partial charge in [-0.2, -0.15) is 0 Å². The van der Waals surface area contributed by atoms with Crippen molar-refractivity contribution in [2.45, 2.75) is 50.7 Å². The molecule has 2 fully saturated rings. The summed E-state index contributed by atoms with van der Waals surface area (Å²) in [7, 11) is 0. The Kier molecular flexibility index (Phi) is 7.13. The van der Waals surface area contributed by atoms with Gasteiger partial charge in [0.1, 0.15) is 17.6 Å². The topological polar surface area (TPSA) is 54.7 Å². The van der Waals surface area contributed by atoms with Crippen molar-refractivity contribution < 1.29 is 13.9 Å². The molecule has 0 spiro atoms. The molecular weight excluding hydrogens is 400 g/mol. The zero-order valence-corrected chi connectivity index (χ0v) is 17.9. The molecule has 0 bridgehead atoms. The van der Waals surface area contributed by atoms with Gasteiger partial charge >= 0.3 is 0 Å². The first kappa shape index (κ1) is 21.0. The van der Waals surface area contributed by atoms with E-state index >= 15 is 0 Å². The molecule has 1 amide bonds. The van der Waals surface area contributed by atoms with E-state index in [0.717, 1.165) is 51.1 Å².